The zero-order valence-corrected chi connectivity index (χ0v) is 6.75. The summed E-state index contributed by atoms with van der Waals surface area (Å²) in [6, 6.07) is 0. The SMILES string of the molecule is C=C1C=CC=CC=C1/C=C\C. The highest BCUT2D eigenvalue weighted by atomic mass is 14.0. The molecule has 0 atom stereocenters. The first-order valence-electron chi connectivity index (χ1n) is 3.71. The molecule has 0 saturated heterocycles. The van der Waals surface area contributed by atoms with Crippen molar-refractivity contribution < 1.29 is 0 Å². The van der Waals surface area contributed by atoms with E-state index in [0.29, 0.717) is 0 Å². The average molecular weight is 144 g/mol. The molecule has 1 rings (SSSR count). The Kier molecular flexibility index (Phi) is 2.67. The number of rotatable bonds is 1. The Hall–Kier alpha value is -1.30. The van der Waals surface area contributed by atoms with E-state index in [2.05, 4.69) is 18.7 Å². The van der Waals surface area contributed by atoms with Gasteiger partial charge in [0.2, 0.25) is 0 Å². The van der Waals surface area contributed by atoms with Crippen molar-refractivity contribution >= 4 is 0 Å². The summed E-state index contributed by atoms with van der Waals surface area (Å²) in [5.74, 6) is 0. The van der Waals surface area contributed by atoms with Gasteiger partial charge in [0.25, 0.3) is 0 Å². The van der Waals surface area contributed by atoms with E-state index in [9.17, 15) is 0 Å². The van der Waals surface area contributed by atoms with E-state index < -0.39 is 0 Å². The van der Waals surface area contributed by atoms with E-state index >= 15 is 0 Å². The lowest BCUT2D eigenvalue weighted by Crippen LogP contribution is -1.77. The van der Waals surface area contributed by atoms with Crippen LogP contribution in [0.3, 0.4) is 0 Å². The largest absolute Gasteiger partial charge is 0.0912 e. The maximum Gasteiger partial charge on any atom is -0.0193 e. The van der Waals surface area contributed by atoms with Crippen LogP contribution in [0.4, 0.5) is 0 Å². The van der Waals surface area contributed by atoms with Crippen LogP contribution in [-0.2, 0) is 0 Å². The van der Waals surface area contributed by atoms with Crippen molar-refractivity contribution in [3.63, 3.8) is 0 Å². The lowest BCUT2D eigenvalue weighted by atomic mass is 10.1. The predicted molar refractivity (Wildman–Crippen MR) is 50.3 cm³/mol. The molecule has 0 radical (unpaired) electrons. The Morgan fingerprint density at radius 2 is 2.09 bits per heavy atom. The zero-order chi connectivity index (χ0) is 8.10. The standard InChI is InChI=1S/C11H12/c1-3-7-11-9-6-4-5-8-10(11)2/h3-9H,2H2,1H3/b7-3-. The van der Waals surface area contributed by atoms with Gasteiger partial charge < -0.3 is 0 Å². The van der Waals surface area contributed by atoms with Crippen molar-refractivity contribution in [1.82, 2.24) is 0 Å². The van der Waals surface area contributed by atoms with Crippen LogP contribution in [-0.4, -0.2) is 0 Å². The van der Waals surface area contributed by atoms with Crippen LogP contribution in [0.1, 0.15) is 6.92 Å². The van der Waals surface area contributed by atoms with E-state index in [1.807, 2.05) is 37.3 Å². The van der Waals surface area contributed by atoms with Crippen molar-refractivity contribution in [2.45, 2.75) is 6.92 Å². The van der Waals surface area contributed by atoms with E-state index in [4.69, 9.17) is 0 Å². The van der Waals surface area contributed by atoms with Gasteiger partial charge in [-0.1, -0.05) is 49.1 Å². The van der Waals surface area contributed by atoms with E-state index in [1.54, 1.807) is 0 Å². The van der Waals surface area contributed by atoms with Crippen molar-refractivity contribution in [3.05, 3.63) is 60.3 Å². The highest BCUT2D eigenvalue weighted by molar-refractivity contribution is 5.48. The summed E-state index contributed by atoms with van der Waals surface area (Å²) in [5.41, 5.74) is 2.24. The van der Waals surface area contributed by atoms with Crippen LogP contribution in [0.2, 0.25) is 0 Å². The Morgan fingerprint density at radius 3 is 2.82 bits per heavy atom. The number of hydrogen-bond donors (Lipinski definition) is 0. The minimum Gasteiger partial charge on any atom is -0.0912 e. The minimum absolute atomic E-state index is 1.06. The summed E-state index contributed by atoms with van der Waals surface area (Å²) in [7, 11) is 0. The molecular formula is C11H12. The second-order valence-electron chi connectivity index (χ2n) is 2.39. The highest BCUT2D eigenvalue weighted by Crippen LogP contribution is 2.13. The molecule has 0 heterocycles. The molecule has 0 heteroatoms. The van der Waals surface area contributed by atoms with E-state index in [0.717, 1.165) is 5.57 Å². The number of allylic oxidation sites excluding steroid dienone is 9. The summed E-state index contributed by atoms with van der Waals surface area (Å²) in [5, 5.41) is 0. The zero-order valence-electron chi connectivity index (χ0n) is 6.75. The first kappa shape index (κ1) is 7.80. The van der Waals surface area contributed by atoms with Crippen LogP contribution >= 0.6 is 0 Å². The van der Waals surface area contributed by atoms with Crippen molar-refractivity contribution in [2.24, 2.45) is 0 Å². The molecule has 0 nitrogen and oxygen atoms in total. The molecular weight excluding hydrogens is 132 g/mol. The van der Waals surface area contributed by atoms with Gasteiger partial charge in [0.1, 0.15) is 0 Å². The first-order chi connectivity index (χ1) is 5.34. The Bertz CT molecular complexity index is 260. The summed E-state index contributed by atoms with van der Waals surface area (Å²) >= 11 is 0. The molecule has 0 aromatic carbocycles. The summed E-state index contributed by atoms with van der Waals surface area (Å²) in [4.78, 5) is 0. The fraction of sp³-hybridized carbons (Fsp3) is 0.0909. The second kappa shape index (κ2) is 3.77. The van der Waals surface area contributed by atoms with Crippen LogP contribution in [0.25, 0.3) is 0 Å². The third kappa shape index (κ3) is 2.08. The molecule has 0 saturated carbocycles. The molecule has 0 spiro atoms. The monoisotopic (exact) mass is 144 g/mol. The predicted octanol–water partition coefficient (Wildman–Crippen LogP) is 3.17. The van der Waals surface area contributed by atoms with Gasteiger partial charge in [-0.2, -0.15) is 0 Å². The summed E-state index contributed by atoms with van der Waals surface area (Å²) < 4.78 is 0. The van der Waals surface area contributed by atoms with Gasteiger partial charge in [-0.25, -0.2) is 0 Å². The third-order valence-electron chi connectivity index (χ3n) is 1.51. The normalized spacial score (nSPS) is 17.2. The van der Waals surface area contributed by atoms with Gasteiger partial charge in [-0.05, 0) is 18.1 Å². The molecule has 0 aromatic rings. The Balaban J connectivity index is 2.92. The van der Waals surface area contributed by atoms with Crippen molar-refractivity contribution in [2.75, 3.05) is 0 Å². The second-order valence-corrected chi connectivity index (χ2v) is 2.39. The maximum atomic E-state index is 3.93. The smallest absolute Gasteiger partial charge is 0.0193 e. The van der Waals surface area contributed by atoms with E-state index in [1.165, 1.54) is 5.57 Å². The van der Waals surface area contributed by atoms with Crippen LogP contribution in [0.15, 0.2) is 60.3 Å². The summed E-state index contributed by atoms with van der Waals surface area (Å²) in [6.45, 7) is 5.93. The fourth-order valence-corrected chi connectivity index (χ4v) is 0.940. The topological polar surface area (TPSA) is 0 Å². The van der Waals surface area contributed by atoms with Crippen LogP contribution in [0, 0.1) is 0 Å². The Morgan fingerprint density at radius 1 is 1.27 bits per heavy atom. The maximum absolute atomic E-state index is 3.93. The fourth-order valence-electron chi connectivity index (χ4n) is 0.940. The molecule has 0 aromatic heterocycles. The van der Waals surface area contributed by atoms with Gasteiger partial charge in [-0.3, -0.25) is 0 Å². The molecule has 0 amide bonds. The lowest BCUT2D eigenvalue weighted by molar-refractivity contribution is 1.56. The molecule has 0 unspecified atom stereocenters. The quantitative estimate of drug-likeness (QED) is 0.530. The molecule has 1 aliphatic carbocycles. The highest BCUT2D eigenvalue weighted by Gasteiger charge is 1.93. The van der Waals surface area contributed by atoms with Gasteiger partial charge in [0.15, 0.2) is 0 Å². The van der Waals surface area contributed by atoms with Gasteiger partial charge in [0.05, 0.1) is 0 Å². The summed E-state index contributed by atoms with van der Waals surface area (Å²) in [6.07, 6.45) is 14.2. The molecule has 0 aliphatic heterocycles. The van der Waals surface area contributed by atoms with Crippen LogP contribution < -0.4 is 0 Å². The number of hydrogen-bond acceptors (Lipinski definition) is 0. The molecule has 0 fully saturated rings. The third-order valence-corrected chi connectivity index (χ3v) is 1.51. The lowest BCUT2D eigenvalue weighted by Gasteiger charge is -1.97. The van der Waals surface area contributed by atoms with Gasteiger partial charge in [-0.15, -0.1) is 0 Å². The average Bonchev–Trinajstić information content (AvgIpc) is 2.18. The van der Waals surface area contributed by atoms with E-state index in [-0.39, 0.29) is 0 Å². The van der Waals surface area contributed by atoms with Gasteiger partial charge >= 0.3 is 0 Å². The first-order valence-corrected chi connectivity index (χ1v) is 3.71. The molecule has 0 N–H and O–H groups in total. The van der Waals surface area contributed by atoms with Crippen LogP contribution in [0.5, 0.6) is 0 Å². The van der Waals surface area contributed by atoms with Crippen molar-refractivity contribution in [3.8, 4) is 0 Å². The van der Waals surface area contributed by atoms with Gasteiger partial charge in [0, 0.05) is 0 Å². The Labute approximate surface area is 67.9 Å². The molecule has 56 valence electrons. The minimum atomic E-state index is 1.06. The van der Waals surface area contributed by atoms with Crippen molar-refractivity contribution in [1.29, 1.82) is 0 Å². The molecule has 11 heavy (non-hydrogen) atoms. The molecule has 0 bridgehead atoms. The molecule has 1 aliphatic rings.